The normalized spacial score (nSPS) is 12.6. The number of carbonyl (C=O) groups is 2. The molecule has 3 aromatic carbocycles. The lowest BCUT2D eigenvalue weighted by atomic mass is 9.99. The quantitative estimate of drug-likeness (QED) is 0.245. The number of carbonyl (C=O) groups excluding carboxylic acids is 2. The molecule has 2 amide bonds. The van der Waals surface area contributed by atoms with Crippen molar-refractivity contribution in [1.29, 1.82) is 0 Å². The summed E-state index contributed by atoms with van der Waals surface area (Å²) in [6, 6.07) is 14.2. The van der Waals surface area contributed by atoms with Crippen molar-refractivity contribution in [3.05, 3.63) is 94.6 Å². The van der Waals surface area contributed by atoms with Crippen LogP contribution in [0.2, 0.25) is 0 Å². The van der Waals surface area contributed by atoms with Crippen molar-refractivity contribution in [3.63, 3.8) is 0 Å². The topological polar surface area (TPSA) is 111 Å². The summed E-state index contributed by atoms with van der Waals surface area (Å²) in [5.74, 6) is -2.84. The van der Waals surface area contributed by atoms with Crippen LogP contribution in [0.3, 0.4) is 0 Å². The first-order valence-electron chi connectivity index (χ1n) is 12.5. The maximum atomic E-state index is 13.8. The summed E-state index contributed by atoms with van der Waals surface area (Å²) in [5.41, 5.74) is 2.72. The average molecular weight is 526 g/mol. The molecule has 0 saturated carbocycles. The highest BCUT2D eigenvalue weighted by Gasteiger charge is 2.24. The fraction of sp³-hybridized carbons (Fsp3) is 0.310. The number of benzene rings is 3. The Morgan fingerprint density at radius 3 is 2.29 bits per heavy atom. The first kappa shape index (κ1) is 28.7. The third kappa shape index (κ3) is 8.36. The van der Waals surface area contributed by atoms with Gasteiger partial charge in [-0.05, 0) is 53.8 Å². The number of aliphatic hydroxyl groups excluding tert-OH is 1. The Bertz CT molecular complexity index is 1250. The smallest absolute Gasteiger partial charge is 0.255 e. The second kappa shape index (κ2) is 13.6. The Balaban J connectivity index is 1.74. The summed E-state index contributed by atoms with van der Waals surface area (Å²) in [4.78, 5) is 24.6. The molecule has 202 valence electrons. The maximum absolute atomic E-state index is 13.8. The van der Waals surface area contributed by atoms with Crippen molar-refractivity contribution in [2.45, 2.75) is 51.8 Å². The minimum atomic E-state index is -1.12. The molecule has 0 aliphatic rings. The van der Waals surface area contributed by atoms with Gasteiger partial charge in [0.2, 0.25) is 5.91 Å². The van der Waals surface area contributed by atoms with E-state index < -0.39 is 29.7 Å². The van der Waals surface area contributed by atoms with Gasteiger partial charge in [0.25, 0.3) is 5.91 Å². The van der Waals surface area contributed by atoms with E-state index in [0.717, 1.165) is 30.2 Å². The van der Waals surface area contributed by atoms with Gasteiger partial charge in [0.1, 0.15) is 17.4 Å². The van der Waals surface area contributed by atoms with Crippen LogP contribution in [0.4, 0.5) is 14.5 Å². The molecule has 0 aliphatic heterocycles. The molecular formula is C29H33F2N3O4. The van der Waals surface area contributed by atoms with Crippen LogP contribution < -0.4 is 16.0 Å². The molecule has 2 atom stereocenters. The largest absolute Gasteiger partial charge is 0.507 e. The molecule has 0 aromatic heterocycles. The molecule has 3 rings (SSSR count). The van der Waals surface area contributed by atoms with Crippen LogP contribution in [-0.4, -0.2) is 40.7 Å². The molecule has 0 bridgehead atoms. The van der Waals surface area contributed by atoms with Gasteiger partial charge in [0.05, 0.1) is 17.7 Å². The standard InChI is InChI=1S/C29H33F2N3O4/c1-3-18-6-5-7-19(10-18)16-32-17-27(36)25(13-20-11-21(30)14-22(31)12-20)34-29(38)24-9-8-23(15-26(24)35)33-28(37)4-2/h5-12,14-15,25,27,32,35-36H,3-4,13,16-17H2,1-2H3,(H,33,37)(H,34,38). The van der Waals surface area contributed by atoms with Gasteiger partial charge in [-0.1, -0.05) is 38.1 Å². The van der Waals surface area contributed by atoms with E-state index in [1.165, 1.54) is 23.8 Å². The number of nitrogens with one attached hydrogen (secondary N) is 3. The van der Waals surface area contributed by atoms with E-state index in [9.17, 15) is 28.6 Å². The molecule has 0 fully saturated rings. The Kier molecular flexibility index (Phi) is 10.3. The fourth-order valence-electron chi connectivity index (χ4n) is 4.03. The number of phenolic OH excluding ortho intramolecular Hbond substituents is 1. The van der Waals surface area contributed by atoms with Crippen LogP contribution in [0.1, 0.15) is 47.3 Å². The van der Waals surface area contributed by atoms with E-state index in [4.69, 9.17) is 0 Å². The summed E-state index contributed by atoms with van der Waals surface area (Å²) >= 11 is 0. The molecule has 9 heteroatoms. The van der Waals surface area contributed by atoms with Crippen molar-refractivity contribution >= 4 is 17.5 Å². The first-order valence-corrected chi connectivity index (χ1v) is 12.5. The monoisotopic (exact) mass is 525 g/mol. The van der Waals surface area contributed by atoms with Gasteiger partial charge < -0.3 is 26.2 Å². The second-order valence-corrected chi connectivity index (χ2v) is 9.07. The molecule has 38 heavy (non-hydrogen) atoms. The lowest BCUT2D eigenvalue weighted by Crippen LogP contribution is -2.48. The molecule has 0 spiro atoms. The fourth-order valence-corrected chi connectivity index (χ4v) is 4.03. The van der Waals surface area contributed by atoms with E-state index in [2.05, 4.69) is 28.9 Å². The zero-order valence-electron chi connectivity index (χ0n) is 21.4. The van der Waals surface area contributed by atoms with E-state index in [1.54, 1.807) is 6.92 Å². The van der Waals surface area contributed by atoms with Crippen LogP contribution in [0.25, 0.3) is 0 Å². The van der Waals surface area contributed by atoms with Crippen molar-refractivity contribution in [2.24, 2.45) is 0 Å². The molecule has 0 heterocycles. The number of halogens is 2. The van der Waals surface area contributed by atoms with Crippen LogP contribution in [0.5, 0.6) is 5.75 Å². The van der Waals surface area contributed by atoms with Gasteiger partial charge in [-0.25, -0.2) is 8.78 Å². The van der Waals surface area contributed by atoms with E-state index in [-0.39, 0.29) is 42.2 Å². The zero-order chi connectivity index (χ0) is 27.7. The van der Waals surface area contributed by atoms with Crippen LogP contribution in [0, 0.1) is 11.6 Å². The van der Waals surface area contributed by atoms with Crippen LogP contribution in [0.15, 0.2) is 60.7 Å². The molecule has 7 nitrogen and oxygen atoms in total. The second-order valence-electron chi connectivity index (χ2n) is 9.07. The van der Waals surface area contributed by atoms with Gasteiger partial charge in [0.15, 0.2) is 0 Å². The number of amides is 2. The van der Waals surface area contributed by atoms with E-state index in [0.29, 0.717) is 12.2 Å². The number of rotatable bonds is 12. The molecule has 0 saturated heterocycles. The highest BCUT2D eigenvalue weighted by Crippen LogP contribution is 2.23. The van der Waals surface area contributed by atoms with Crippen LogP contribution in [-0.2, 0) is 24.2 Å². The number of phenols is 1. The lowest BCUT2D eigenvalue weighted by molar-refractivity contribution is -0.115. The Hall–Kier alpha value is -3.82. The predicted molar refractivity (Wildman–Crippen MR) is 142 cm³/mol. The minimum absolute atomic E-state index is 0.0556. The van der Waals surface area contributed by atoms with Crippen molar-refractivity contribution in [2.75, 3.05) is 11.9 Å². The molecule has 0 radical (unpaired) electrons. The van der Waals surface area contributed by atoms with Crippen molar-refractivity contribution < 1.29 is 28.6 Å². The van der Waals surface area contributed by atoms with Gasteiger partial charge in [-0.15, -0.1) is 0 Å². The lowest BCUT2D eigenvalue weighted by Gasteiger charge is -2.25. The van der Waals surface area contributed by atoms with Crippen molar-refractivity contribution in [1.82, 2.24) is 10.6 Å². The Labute approximate surface area is 220 Å². The molecule has 5 N–H and O–H groups in total. The summed E-state index contributed by atoms with van der Waals surface area (Å²) in [6.45, 7) is 4.31. The number of aryl methyl sites for hydroxylation is 1. The van der Waals surface area contributed by atoms with Gasteiger partial charge in [-0.3, -0.25) is 9.59 Å². The third-order valence-electron chi connectivity index (χ3n) is 6.09. The van der Waals surface area contributed by atoms with Crippen molar-refractivity contribution in [3.8, 4) is 5.75 Å². The number of hydrogen-bond donors (Lipinski definition) is 5. The van der Waals surface area contributed by atoms with Crippen LogP contribution >= 0.6 is 0 Å². The summed E-state index contributed by atoms with van der Waals surface area (Å²) in [6.07, 6.45) is -0.0283. The SMILES string of the molecule is CCC(=O)Nc1ccc(C(=O)NC(Cc2cc(F)cc(F)c2)C(O)CNCc2cccc(CC)c2)c(O)c1. The number of hydrogen-bond acceptors (Lipinski definition) is 5. The Morgan fingerprint density at radius 1 is 0.921 bits per heavy atom. The maximum Gasteiger partial charge on any atom is 0.255 e. The zero-order valence-corrected chi connectivity index (χ0v) is 21.4. The highest BCUT2D eigenvalue weighted by atomic mass is 19.1. The van der Waals surface area contributed by atoms with E-state index >= 15 is 0 Å². The molecule has 2 unspecified atom stereocenters. The summed E-state index contributed by atoms with van der Waals surface area (Å²) in [5, 5.41) is 29.8. The van der Waals surface area contributed by atoms with Gasteiger partial charge in [-0.2, -0.15) is 0 Å². The average Bonchev–Trinajstić information content (AvgIpc) is 2.87. The molecular weight excluding hydrogens is 492 g/mol. The molecule has 3 aromatic rings. The first-order chi connectivity index (χ1) is 18.2. The number of anilines is 1. The molecule has 0 aliphatic carbocycles. The number of aliphatic hydroxyl groups is 1. The van der Waals surface area contributed by atoms with Gasteiger partial charge >= 0.3 is 0 Å². The third-order valence-corrected chi connectivity index (χ3v) is 6.09. The summed E-state index contributed by atoms with van der Waals surface area (Å²) in [7, 11) is 0. The minimum Gasteiger partial charge on any atom is -0.507 e. The van der Waals surface area contributed by atoms with E-state index in [1.807, 2.05) is 18.2 Å². The summed E-state index contributed by atoms with van der Waals surface area (Å²) < 4.78 is 27.6. The number of aromatic hydroxyl groups is 1. The predicted octanol–water partition coefficient (Wildman–Crippen LogP) is 4.07. The Morgan fingerprint density at radius 2 is 1.63 bits per heavy atom. The van der Waals surface area contributed by atoms with Gasteiger partial charge in [0, 0.05) is 37.3 Å². The highest BCUT2D eigenvalue weighted by molar-refractivity contribution is 5.98.